The van der Waals surface area contributed by atoms with E-state index in [0.29, 0.717) is 11.4 Å². The van der Waals surface area contributed by atoms with Gasteiger partial charge in [-0.2, -0.15) is 8.42 Å². The number of hydrogen-bond acceptors (Lipinski definition) is 5. The zero-order chi connectivity index (χ0) is 20.4. The molecule has 0 unspecified atom stereocenters. The molecule has 2 N–H and O–H groups in total. The number of benzene rings is 1. The molecule has 0 spiro atoms. The minimum absolute atomic E-state index is 0.164. The van der Waals surface area contributed by atoms with Crippen LogP contribution in [0, 0.1) is 13.8 Å². The number of nitrogens with one attached hydrogen (secondary N) is 2. The Bertz CT molecular complexity index is 924. The molecular formula is C19H26N4O3S. The Balaban J connectivity index is 2.35. The van der Waals surface area contributed by atoms with Crippen LogP contribution in [0.2, 0.25) is 0 Å². The third kappa shape index (κ3) is 5.03. The molecule has 1 heterocycles. The molecule has 1 aromatic carbocycles. The normalized spacial score (nSPS) is 11.7. The first kappa shape index (κ1) is 20.8. The molecule has 8 heteroatoms. The van der Waals surface area contributed by atoms with E-state index in [0.717, 1.165) is 22.9 Å². The third-order valence-corrected chi connectivity index (χ3v) is 5.26. The molecule has 0 saturated heterocycles. The second kappa shape index (κ2) is 8.04. The molecule has 0 atom stereocenters. The average molecular weight is 391 g/mol. The summed E-state index contributed by atoms with van der Waals surface area (Å²) in [6.07, 6.45) is 2.54. The van der Waals surface area contributed by atoms with E-state index in [1.54, 1.807) is 6.92 Å². The largest absolute Gasteiger partial charge is 0.333 e. The van der Waals surface area contributed by atoms with Gasteiger partial charge in [-0.15, -0.1) is 0 Å². The SMILES string of the molecule is Cc1cc(C(C)C)c(NC(=O)NS(=O)(=O)c2cncc(C)n2)c(C(C)C)c1. The van der Waals surface area contributed by atoms with Crippen molar-refractivity contribution in [3.63, 3.8) is 0 Å². The van der Waals surface area contributed by atoms with Gasteiger partial charge in [-0.1, -0.05) is 45.4 Å². The van der Waals surface area contributed by atoms with Gasteiger partial charge in [0.2, 0.25) is 0 Å². The number of carbonyl (C=O) groups is 1. The fraction of sp³-hybridized carbons (Fsp3) is 0.421. The maximum Gasteiger partial charge on any atom is 0.333 e. The molecule has 0 saturated carbocycles. The highest BCUT2D eigenvalue weighted by molar-refractivity contribution is 7.90. The molecule has 0 radical (unpaired) electrons. The summed E-state index contributed by atoms with van der Waals surface area (Å²) in [5, 5.41) is 2.44. The average Bonchev–Trinajstić information content (AvgIpc) is 2.55. The lowest BCUT2D eigenvalue weighted by Crippen LogP contribution is -2.35. The van der Waals surface area contributed by atoms with Gasteiger partial charge in [-0.05, 0) is 36.8 Å². The van der Waals surface area contributed by atoms with Crippen LogP contribution in [0.15, 0.2) is 29.6 Å². The van der Waals surface area contributed by atoms with Crippen molar-refractivity contribution < 1.29 is 13.2 Å². The number of urea groups is 1. The van der Waals surface area contributed by atoms with Gasteiger partial charge in [-0.25, -0.2) is 14.5 Å². The highest BCUT2D eigenvalue weighted by atomic mass is 32.2. The molecule has 2 rings (SSSR count). The van der Waals surface area contributed by atoms with Crippen molar-refractivity contribution in [1.29, 1.82) is 0 Å². The molecule has 2 aromatic rings. The lowest BCUT2D eigenvalue weighted by Gasteiger charge is -2.21. The standard InChI is InChI=1S/C19H26N4O3S/c1-11(2)15-7-13(5)8-16(12(3)4)18(15)22-19(24)23-27(25,26)17-10-20-9-14(6)21-17/h7-12H,1-6H3,(H2,22,23,24). The van der Waals surface area contributed by atoms with Crippen molar-refractivity contribution in [2.45, 2.75) is 58.4 Å². The van der Waals surface area contributed by atoms with Gasteiger partial charge in [-0.3, -0.25) is 4.98 Å². The van der Waals surface area contributed by atoms with Gasteiger partial charge in [0.05, 0.1) is 11.9 Å². The Kier molecular flexibility index (Phi) is 6.20. The van der Waals surface area contributed by atoms with E-state index in [1.165, 1.54) is 6.20 Å². The number of anilines is 1. The smallest absolute Gasteiger partial charge is 0.307 e. The summed E-state index contributed by atoms with van der Waals surface area (Å²) in [6, 6.07) is 3.19. The molecule has 27 heavy (non-hydrogen) atoms. The predicted molar refractivity (Wildman–Crippen MR) is 105 cm³/mol. The van der Waals surface area contributed by atoms with Crippen molar-refractivity contribution >= 4 is 21.7 Å². The van der Waals surface area contributed by atoms with Crippen molar-refractivity contribution in [1.82, 2.24) is 14.7 Å². The lowest BCUT2D eigenvalue weighted by atomic mass is 9.90. The van der Waals surface area contributed by atoms with E-state index < -0.39 is 16.1 Å². The summed E-state index contributed by atoms with van der Waals surface area (Å²) in [5.74, 6) is 0.328. The van der Waals surface area contributed by atoms with Crippen LogP contribution in [-0.4, -0.2) is 24.4 Å². The monoisotopic (exact) mass is 390 g/mol. The van der Waals surface area contributed by atoms with Crippen molar-refractivity contribution in [3.05, 3.63) is 46.9 Å². The zero-order valence-corrected chi connectivity index (χ0v) is 17.3. The Hall–Kier alpha value is -2.48. The second-order valence-corrected chi connectivity index (χ2v) is 8.82. The molecule has 146 valence electrons. The highest BCUT2D eigenvalue weighted by Crippen LogP contribution is 2.33. The zero-order valence-electron chi connectivity index (χ0n) is 16.5. The molecule has 1 aromatic heterocycles. The summed E-state index contributed by atoms with van der Waals surface area (Å²) in [4.78, 5) is 20.2. The first-order valence-electron chi connectivity index (χ1n) is 8.78. The van der Waals surface area contributed by atoms with Crippen LogP contribution in [0.4, 0.5) is 10.5 Å². The molecule has 0 aliphatic carbocycles. The predicted octanol–water partition coefficient (Wildman–Crippen LogP) is 3.85. The van der Waals surface area contributed by atoms with Gasteiger partial charge in [0.15, 0.2) is 5.03 Å². The Morgan fingerprint density at radius 2 is 1.56 bits per heavy atom. The molecular weight excluding hydrogens is 364 g/mol. The topological polar surface area (TPSA) is 101 Å². The fourth-order valence-electron chi connectivity index (χ4n) is 2.78. The van der Waals surface area contributed by atoms with Gasteiger partial charge in [0, 0.05) is 11.9 Å². The number of nitrogens with zero attached hydrogens (tertiary/aromatic N) is 2. The van der Waals surface area contributed by atoms with E-state index in [9.17, 15) is 13.2 Å². The molecule has 0 bridgehead atoms. The summed E-state index contributed by atoms with van der Waals surface area (Å²) < 4.78 is 26.8. The summed E-state index contributed by atoms with van der Waals surface area (Å²) >= 11 is 0. The highest BCUT2D eigenvalue weighted by Gasteiger charge is 2.22. The summed E-state index contributed by atoms with van der Waals surface area (Å²) in [5.41, 5.74) is 4.11. The van der Waals surface area contributed by atoms with Crippen molar-refractivity contribution in [3.8, 4) is 0 Å². The first-order chi connectivity index (χ1) is 12.5. The van der Waals surface area contributed by atoms with E-state index in [-0.39, 0.29) is 16.9 Å². The Morgan fingerprint density at radius 1 is 1.00 bits per heavy atom. The van der Waals surface area contributed by atoms with Gasteiger partial charge >= 0.3 is 6.03 Å². The van der Waals surface area contributed by atoms with E-state index in [2.05, 4.69) is 15.3 Å². The van der Waals surface area contributed by atoms with Crippen molar-refractivity contribution in [2.75, 3.05) is 5.32 Å². The molecule has 7 nitrogen and oxygen atoms in total. The minimum Gasteiger partial charge on any atom is -0.307 e. The molecule has 2 amide bonds. The number of hydrogen-bond donors (Lipinski definition) is 2. The van der Waals surface area contributed by atoms with Gasteiger partial charge in [0.1, 0.15) is 0 Å². The Morgan fingerprint density at radius 3 is 2.04 bits per heavy atom. The van der Waals surface area contributed by atoms with Crippen LogP contribution in [0.25, 0.3) is 0 Å². The van der Waals surface area contributed by atoms with Crippen LogP contribution in [0.1, 0.15) is 61.9 Å². The van der Waals surface area contributed by atoms with E-state index >= 15 is 0 Å². The van der Waals surface area contributed by atoms with Crippen LogP contribution in [0.3, 0.4) is 0 Å². The van der Waals surface area contributed by atoms with Crippen LogP contribution in [0.5, 0.6) is 0 Å². The first-order valence-corrected chi connectivity index (χ1v) is 10.3. The second-order valence-electron chi connectivity index (χ2n) is 7.19. The number of sulfonamides is 1. The number of aryl methyl sites for hydroxylation is 2. The van der Waals surface area contributed by atoms with Gasteiger partial charge < -0.3 is 5.32 Å². The number of rotatable bonds is 5. The number of amides is 2. The molecule has 0 aliphatic heterocycles. The van der Waals surface area contributed by atoms with Gasteiger partial charge in [0.25, 0.3) is 10.0 Å². The Labute approximate surface area is 160 Å². The van der Waals surface area contributed by atoms with E-state index in [4.69, 9.17) is 0 Å². The number of aromatic nitrogens is 2. The lowest BCUT2D eigenvalue weighted by molar-refractivity contribution is 0.256. The van der Waals surface area contributed by atoms with Crippen molar-refractivity contribution in [2.24, 2.45) is 0 Å². The third-order valence-electron chi connectivity index (χ3n) is 4.06. The maximum atomic E-state index is 12.5. The molecule has 0 aliphatic rings. The molecule has 0 fully saturated rings. The van der Waals surface area contributed by atoms with Crippen LogP contribution < -0.4 is 10.0 Å². The quantitative estimate of drug-likeness (QED) is 0.807. The maximum absolute atomic E-state index is 12.5. The summed E-state index contributed by atoms with van der Waals surface area (Å²) in [7, 11) is -4.11. The summed E-state index contributed by atoms with van der Waals surface area (Å²) in [6.45, 7) is 11.7. The fourth-order valence-corrected chi connectivity index (χ4v) is 3.65. The minimum atomic E-state index is -4.11. The van der Waals surface area contributed by atoms with E-state index in [1.807, 2.05) is 51.5 Å². The number of carbonyl (C=O) groups excluding carboxylic acids is 1. The van der Waals surface area contributed by atoms with Crippen LogP contribution in [-0.2, 0) is 10.0 Å². The van der Waals surface area contributed by atoms with Crippen LogP contribution >= 0.6 is 0 Å².